The van der Waals surface area contributed by atoms with E-state index >= 15 is 0 Å². The molecule has 20 heavy (non-hydrogen) atoms. The Morgan fingerprint density at radius 2 is 1.90 bits per heavy atom. The first-order valence-corrected chi connectivity index (χ1v) is 6.41. The number of nitrogens with two attached hydrogens (primary N) is 1. The number of hydrogen-bond acceptors (Lipinski definition) is 5. The Morgan fingerprint density at radius 3 is 2.45 bits per heavy atom. The van der Waals surface area contributed by atoms with E-state index in [2.05, 4.69) is 4.74 Å². The second-order valence-corrected chi connectivity index (χ2v) is 4.10. The molecule has 1 aromatic carbocycles. The van der Waals surface area contributed by atoms with Crippen LogP contribution < -0.4 is 10.5 Å². The summed E-state index contributed by atoms with van der Waals surface area (Å²) in [6.07, 6.45) is 0. The van der Waals surface area contributed by atoms with Crippen LogP contribution in [0.4, 0.5) is 5.69 Å². The Hall–Kier alpha value is -2.24. The molecule has 1 aromatic rings. The molecule has 0 aromatic heterocycles. The Balaban J connectivity index is 2.77. The lowest BCUT2D eigenvalue weighted by Crippen LogP contribution is -2.34. The van der Waals surface area contributed by atoms with Gasteiger partial charge in [-0.25, -0.2) is 4.79 Å². The van der Waals surface area contributed by atoms with Crippen LogP contribution in [0.2, 0.25) is 0 Å². The van der Waals surface area contributed by atoms with Gasteiger partial charge in [-0.1, -0.05) is 0 Å². The van der Waals surface area contributed by atoms with Crippen molar-refractivity contribution in [2.45, 2.75) is 13.8 Å². The monoisotopic (exact) mass is 280 g/mol. The van der Waals surface area contributed by atoms with Crippen molar-refractivity contribution in [2.24, 2.45) is 0 Å². The van der Waals surface area contributed by atoms with E-state index in [1.54, 1.807) is 17.0 Å². The van der Waals surface area contributed by atoms with Crippen molar-refractivity contribution < 1.29 is 19.1 Å². The van der Waals surface area contributed by atoms with Crippen molar-refractivity contribution >= 4 is 17.6 Å². The van der Waals surface area contributed by atoms with E-state index in [1.807, 2.05) is 13.8 Å². The third-order valence-corrected chi connectivity index (χ3v) is 2.90. The number of carbonyl (C=O) groups excluding carboxylic acids is 2. The summed E-state index contributed by atoms with van der Waals surface area (Å²) in [7, 11) is 1.29. The van der Waals surface area contributed by atoms with Crippen LogP contribution in [0, 0.1) is 0 Å². The Morgan fingerprint density at radius 1 is 1.25 bits per heavy atom. The summed E-state index contributed by atoms with van der Waals surface area (Å²) in [6.45, 7) is 4.92. The molecule has 0 unspecified atom stereocenters. The molecule has 2 N–H and O–H groups in total. The zero-order valence-electron chi connectivity index (χ0n) is 12.0. The third kappa shape index (κ3) is 3.88. The number of carbonyl (C=O) groups is 2. The number of esters is 1. The number of ether oxygens (including phenoxy) is 2. The number of hydrogen-bond donors (Lipinski definition) is 1. The normalized spacial score (nSPS) is 9.95. The van der Waals surface area contributed by atoms with Crippen molar-refractivity contribution in [1.29, 1.82) is 0 Å². The summed E-state index contributed by atoms with van der Waals surface area (Å²) < 4.78 is 10.0. The van der Waals surface area contributed by atoms with Crippen LogP contribution in [0.3, 0.4) is 0 Å². The minimum Gasteiger partial charge on any atom is -0.482 e. The van der Waals surface area contributed by atoms with Gasteiger partial charge in [-0.3, -0.25) is 4.79 Å². The molecule has 0 bridgehead atoms. The molecule has 110 valence electrons. The molecule has 0 spiro atoms. The zero-order chi connectivity index (χ0) is 15.1. The number of methoxy groups -OCH3 is 1. The quantitative estimate of drug-likeness (QED) is 0.627. The van der Waals surface area contributed by atoms with Crippen molar-refractivity contribution in [1.82, 2.24) is 4.90 Å². The molecule has 0 radical (unpaired) electrons. The second-order valence-electron chi connectivity index (χ2n) is 4.10. The van der Waals surface area contributed by atoms with Gasteiger partial charge in [-0.15, -0.1) is 0 Å². The number of likely N-dealkylation sites (N-methyl/N-ethyl adjacent to an activating group) is 1. The fourth-order valence-corrected chi connectivity index (χ4v) is 1.71. The highest BCUT2D eigenvalue weighted by Crippen LogP contribution is 2.23. The molecule has 6 heteroatoms. The van der Waals surface area contributed by atoms with Gasteiger partial charge in [0.25, 0.3) is 5.91 Å². The number of anilines is 1. The van der Waals surface area contributed by atoms with Crippen LogP contribution in [0.15, 0.2) is 18.2 Å². The van der Waals surface area contributed by atoms with Gasteiger partial charge >= 0.3 is 5.97 Å². The van der Waals surface area contributed by atoms with Gasteiger partial charge in [0, 0.05) is 13.1 Å². The molecule has 0 saturated carbocycles. The highest BCUT2D eigenvalue weighted by Gasteiger charge is 2.13. The highest BCUT2D eigenvalue weighted by atomic mass is 16.5. The average Bonchev–Trinajstić information content (AvgIpc) is 2.46. The minimum absolute atomic E-state index is 0.115. The fraction of sp³-hybridized carbons (Fsp3) is 0.429. The largest absolute Gasteiger partial charge is 0.482 e. The minimum atomic E-state index is -0.482. The summed E-state index contributed by atoms with van der Waals surface area (Å²) in [5, 5.41) is 0. The maximum atomic E-state index is 11.8. The number of amides is 1. The fourth-order valence-electron chi connectivity index (χ4n) is 1.71. The SMILES string of the molecule is CCN(CC)C(=O)COc1cc(C(=O)OC)ccc1N. The predicted molar refractivity (Wildman–Crippen MR) is 75.6 cm³/mol. The summed E-state index contributed by atoms with van der Waals surface area (Å²) in [6, 6.07) is 4.56. The summed E-state index contributed by atoms with van der Waals surface area (Å²) >= 11 is 0. The van der Waals surface area contributed by atoms with Crippen molar-refractivity contribution in [3.8, 4) is 5.75 Å². The van der Waals surface area contributed by atoms with Gasteiger partial charge in [-0.05, 0) is 32.0 Å². The van der Waals surface area contributed by atoms with E-state index in [0.717, 1.165) is 0 Å². The number of benzene rings is 1. The van der Waals surface area contributed by atoms with E-state index in [9.17, 15) is 9.59 Å². The van der Waals surface area contributed by atoms with Crippen molar-refractivity contribution in [3.05, 3.63) is 23.8 Å². The number of nitrogen functional groups attached to an aromatic ring is 1. The molecular formula is C14H20N2O4. The molecule has 0 heterocycles. The Bertz CT molecular complexity index is 484. The molecule has 6 nitrogen and oxygen atoms in total. The van der Waals surface area contributed by atoms with Gasteiger partial charge in [0.05, 0.1) is 18.4 Å². The summed E-state index contributed by atoms with van der Waals surface area (Å²) in [5.74, 6) is -0.309. The van der Waals surface area contributed by atoms with Crippen molar-refractivity contribution in [3.63, 3.8) is 0 Å². The van der Waals surface area contributed by atoms with E-state index in [1.165, 1.54) is 13.2 Å². The maximum Gasteiger partial charge on any atom is 0.337 e. The zero-order valence-corrected chi connectivity index (χ0v) is 12.0. The highest BCUT2D eigenvalue weighted by molar-refractivity contribution is 5.90. The first kappa shape index (κ1) is 15.8. The van der Waals surface area contributed by atoms with Crippen LogP contribution >= 0.6 is 0 Å². The molecule has 0 saturated heterocycles. The van der Waals surface area contributed by atoms with Crippen LogP contribution in [0.25, 0.3) is 0 Å². The summed E-state index contributed by atoms with van der Waals surface area (Å²) in [5.41, 5.74) is 6.45. The molecule has 1 amide bonds. The van der Waals surface area contributed by atoms with Gasteiger partial charge in [0.1, 0.15) is 5.75 Å². The van der Waals surface area contributed by atoms with Gasteiger partial charge in [0.15, 0.2) is 6.61 Å². The maximum absolute atomic E-state index is 11.8. The molecule has 0 aliphatic carbocycles. The number of nitrogens with zero attached hydrogens (tertiary/aromatic N) is 1. The van der Waals surface area contributed by atoms with Crippen LogP contribution in [0.5, 0.6) is 5.75 Å². The molecule has 0 aliphatic rings. The smallest absolute Gasteiger partial charge is 0.337 e. The molecule has 0 atom stereocenters. The van der Waals surface area contributed by atoms with E-state index < -0.39 is 5.97 Å². The average molecular weight is 280 g/mol. The summed E-state index contributed by atoms with van der Waals surface area (Å²) in [4.78, 5) is 24.9. The molecule has 0 fully saturated rings. The van der Waals surface area contributed by atoms with E-state index in [4.69, 9.17) is 10.5 Å². The van der Waals surface area contributed by atoms with Crippen molar-refractivity contribution in [2.75, 3.05) is 32.5 Å². The predicted octanol–water partition coefficient (Wildman–Crippen LogP) is 1.30. The first-order chi connectivity index (χ1) is 9.53. The lowest BCUT2D eigenvalue weighted by Gasteiger charge is -2.19. The van der Waals surface area contributed by atoms with Gasteiger partial charge in [0.2, 0.25) is 0 Å². The van der Waals surface area contributed by atoms with Crippen LogP contribution in [0.1, 0.15) is 24.2 Å². The standard InChI is InChI=1S/C14H20N2O4/c1-4-16(5-2)13(17)9-20-12-8-10(14(18)19-3)6-7-11(12)15/h6-8H,4-5,9,15H2,1-3H3. The van der Waals surface area contributed by atoms with E-state index in [-0.39, 0.29) is 12.5 Å². The van der Waals surface area contributed by atoms with Gasteiger partial charge in [-0.2, -0.15) is 0 Å². The Kier molecular flexibility index (Phi) is 5.83. The lowest BCUT2D eigenvalue weighted by molar-refractivity contribution is -0.132. The second kappa shape index (κ2) is 7.37. The third-order valence-electron chi connectivity index (χ3n) is 2.90. The van der Waals surface area contributed by atoms with Gasteiger partial charge < -0.3 is 20.1 Å². The number of rotatable bonds is 6. The Labute approximate surface area is 118 Å². The lowest BCUT2D eigenvalue weighted by atomic mass is 10.2. The molecular weight excluding hydrogens is 260 g/mol. The first-order valence-electron chi connectivity index (χ1n) is 6.41. The molecule has 0 aliphatic heterocycles. The molecule has 1 rings (SSSR count). The van der Waals surface area contributed by atoms with Crippen LogP contribution in [-0.4, -0.2) is 43.6 Å². The topological polar surface area (TPSA) is 81.9 Å². The van der Waals surface area contributed by atoms with Crippen LogP contribution in [-0.2, 0) is 9.53 Å². The van der Waals surface area contributed by atoms with E-state index in [0.29, 0.717) is 30.1 Å².